The highest BCUT2D eigenvalue weighted by Crippen LogP contribution is 2.36. The number of benzene rings is 2. The van der Waals surface area contributed by atoms with Crippen LogP contribution in [0.3, 0.4) is 0 Å². The van der Waals surface area contributed by atoms with E-state index in [-0.39, 0.29) is 98.5 Å². The minimum Gasteiger partial charge on any atom is -0.445 e. The smallest absolute Gasteiger partial charge is 0.410 e. The number of urea groups is 1. The molecule has 1 saturated carbocycles. The molecule has 9 N–H and O–H groups in total. The molecule has 3 aliphatic rings. The molecule has 2 aromatic carbocycles. The number of carbonyl (C=O) groups is 11. The summed E-state index contributed by atoms with van der Waals surface area (Å²) in [5.74, 6) is -5.40. The highest BCUT2D eigenvalue weighted by molar-refractivity contribution is 6.03. The lowest BCUT2D eigenvalue weighted by Gasteiger charge is -2.41. The Bertz CT molecular complexity index is 3110. The summed E-state index contributed by atoms with van der Waals surface area (Å²) in [6.45, 7) is 18.8. The number of nitrogens with zero attached hydrogens (tertiary/aromatic N) is 4. The molecule has 0 aromatic heterocycles. The Morgan fingerprint density at radius 2 is 1.30 bits per heavy atom. The van der Waals surface area contributed by atoms with Gasteiger partial charge in [-0.3, -0.25) is 53.0 Å². The zero-order valence-corrected chi connectivity index (χ0v) is 65.2. The van der Waals surface area contributed by atoms with E-state index in [1.165, 1.54) is 56.8 Å². The average Bonchev–Trinajstić information content (AvgIpc) is 1.80. The molecule has 0 spiro atoms. The average molecular weight is 1470 g/mol. The summed E-state index contributed by atoms with van der Waals surface area (Å²) in [5, 5.41) is 27.8. The Morgan fingerprint density at radius 3 is 1.88 bits per heavy atom. The minimum absolute atomic E-state index is 0.0596. The maximum absolute atomic E-state index is 14.9. The van der Waals surface area contributed by atoms with Gasteiger partial charge in [0.05, 0.1) is 54.7 Å². The number of likely N-dealkylation sites (N-methyl/N-ethyl adjacent to an activating group) is 2. The number of rotatable bonds is 39. The summed E-state index contributed by atoms with van der Waals surface area (Å²) in [5.41, 5.74) is 6.84. The number of hydrogen-bond acceptors (Lipinski definition) is 15. The van der Waals surface area contributed by atoms with E-state index in [1.54, 1.807) is 109 Å². The Kier molecular flexibility index (Phi) is 37.2. The van der Waals surface area contributed by atoms with Gasteiger partial charge in [-0.25, -0.2) is 9.59 Å². The van der Waals surface area contributed by atoms with E-state index in [0.29, 0.717) is 68.4 Å². The minimum atomic E-state index is -1.11. The number of unbranched alkanes of at least 4 members (excludes halogenated alkanes) is 2. The number of amides is 12. The monoisotopic (exact) mass is 1470 g/mol. The van der Waals surface area contributed by atoms with Crippen molar-refractivity contribution in [1.82, 2.24) is 46.2 Å². The molecule has 2 saturated heterocycles. The number of nitrogens with two attached hydrogens (primary N) is 1. The normalized spacial score (nSPS) is 19.3. The van der Waals surface area contributed by atoms with Crippen LogP contribution >= 0.6 is 0 Å². The number of nitrogens with one attached hydrogen (secondary N) is 6. The van der Waals surface area contributed by atoms with Gasteiger partial charge >= 0.3 is 12.1 Å². The van der Waals surface area contributed by atoms with Crippen LogP contribution in [-0.2, 0) is 64.0 Å². The van der Waals surface area contributed by atoms with Crippen LogP contribution in [0.4, 0.5) is 15.3 Å². The second kappa shape index (κ2) is 44.4. The van der Waals surface area contributed by atoms with Crippen molar-refractivity contribution in [3.63, 3.8) is 0 Å². The first-order valence-electron chi connectivity index (χ1n) is 38.7. The molecule has 5 rings (SSSR count). The molecule has 0 radical (unpaired) electrons. The van der Waals surface area contributed by atoms with E-state index in [2.05, 4.69) is 31.9 Å². The number of aliphatic hydroxyl groups excluding tert-OH is 1. The quantitative estimate of drug-likeness (QED) is 0.0228. The van der Waals surface area contributed by atoms with Crippen molar-refractivity contribution in [1.29, 1.82) is 0 Å². The molecule has 2 heterocycles. The summed E-state index contributed by atoms with van der Waals surface area (Å²) < 4.78 is 17.8. The molecular formula is C79H127N11O15. The van der Waals surface area contributed by atoms with Crippen molar-refractivity contribution in [2.45, 2.75) is 271 Å². The van der Waals surface area contributed by atoms with E-state index >= 15 is 0 Å². The van der Waals surface area contributed by atoms with E-state index in [1.807, 2.05) is 32.0 Å². The third kappa shape index (κ3) is 26.6. The molecule has 588 valence electrons. The topological polar surface area (TPSA) is 347 Å². The fraction of sp³-hybridized carbons (Fsp3) is 0.709. The lowest BCUT2D eigenvalue weighted by atomic mass is 9.83. The summed E-state index contributed by atoms with van der Waals surface area (Å²) >= 11 is 0. The Morgan fingerprint density at radius 1 is 0.667 bits per heavy atom. The third-order valence-corrected chi connectivity index (χ3v) is 21.6. The van der Waals surface area contributed by atoms with Crippen molar-refractivity contribution in [2.24, 2.45) is 47.2 Å². The SMILES string of the molecule is CC[C@H](C)[C@@H]([C@@H](CC(=O)N1CCC[C@H]1[C@H](OC)[C@@H](C)C(=O)N[C@@H](C)[C@H](O)c1ccccc1)OC)N(C)C(=O)[C@@H](NC(=O)[C@H](C(C)C)N(C)C(=O)OCc1ccc(NC(=O)[C@H](CCCNC(N)=O)NC(=O)[C@@H](NC(=O)CCCCCN2C(=O)CC(C3CCCCCCCCCC3)C2=O)C(C)C)cc1)C(C)C. The van der Waals surface area contributed by atoms with Gasteiger partial charge in [-0.1, -0.05) is 169 Å². The van der Waals surface area contributed by atoms with Crippen LogP contribution in [0.5, 0.6) is 0 Å². The molecule has 3 fully saturated rings. The van der Waals surface area contributed by atoms with Gasteiger partial charge in [-0.05, 0) is 111 Å². The highest BCUT2D eigenvalue weighted by atomic mass is 16.6. The van der Waals surface area contributed by atoms with Crippen LogP contribution < -0.4 is 37.6 Å². The van der Waals surface area contributed by atoms with Gasteiger partial charge in [0.1, 0.15) is 30.8 Å². The number of hydrogen-bond donors (Lipinski definition) is 8. The molecule has 2 aromatic rings. The Hall–Kier alpha value is -7.71. The molecule has 1 aliphatic carbocycles. The predicted octanol–water partition coefficient (Wildman–Crippen LogP) is 9.06. The van der Waals surface area contributed by atoms with Gasteiger partial charge in [0.2, 0.25) is 53.2 Å². The van der Waals surface area contributed by atoms with E-state index in [4.69, 9.17) is 19.9 Å². The molecule has 26 heteroatoms. The summed E-state index contributed by atoms with van der Waals surface area (Å²) in [7, 11) is 6.10. The Labute approximate surface area is 624 Å². The zero-order chi connectivity index (χ0) is 77.6. The number of methoxy groups -OCH3 is 2. The molecule has 2 aliphatic heterocycles. The zero-order valence-electron chi connectivity index (χ0n) is 65.2. The van der Waals surface area contributed by atoms with Gasteiger partial charge in [0.25, 0.3) is 0 Å². The van der Waals surface area contributed by atoms with Gasteiger partial charge in [-0.2, -0.15) is 0 Å². The number of likely N-dealkylation sites (tertiary alicyclic amines) is 2. The van der Waals surface area contributed by atoms with Crippen molar-refractivity contribution in [3.05, 3.63) is 65.7 Å². The van der Waals surface area contributed by atoms with Gasteiger partial charge in [0.15, 0.2) is 0 Å². The first kappa shape index (κ1) is 87.9. The second-order valence-corrected chi connectivity index (χ2v) is 30.5. The van der Waals surface area contributed by atoms with Gasteiger partial charge in [0, 0.05) is 66.5 Å². The maximum Gasteiger partial charge on any atom is 0.410 e. The van der Waals surface area contributed by atoms with Crippen molar-refractivity contribution in [2.75, 3.05) is 53.3 Å². The number of aliphatic hydroxyl groups is 1. The van der Waals surface area contributed by atoms with Crippen LogP contribution in [-0.4, -0.2) is 192 Å². The van der Waals surface area contributed by atoms with Crippen LogP contribution in [0.1, 0.15) is 221 Å². The predicted molar refractivity (Wildman–Crippen MR) is 402 cm³/mol. The first-order valence-corrected chi connectivity index (χ1v) is 38.7. The third-order valence-electron chi connectivity index (χ3n) is 21.6. The van der Waals surface area contributed by atoms with Crippen molar-refractivity contribution < 1.29 is 72.1 Å². The number of anilines is 1. The number of ether oxygens (including phenoxy) is 3. The standard InChI is InChI=1S/C79H127N11O15/c1-15-52(8)69(62(103-13)47-65(93)89-45-31-37-61(89)71(104-14)53(9)72(95)82-54(10)70(94)57-34-26-22-27-35-57)87(11)77(100)67(50(4)5)86-75(98)68(51(6)7)88(12)79(102)105-48-55-39-41-58(42-40-55)83-73(96)60(36-30-43-81-78(80)101)84-74(97)66(49(2)3)85-63(91)38-28-23-29-44-90-64(92)46-59(76(90)99)56-32-24-20-18-16-17-19-21-25-33-56/h22,26-27,34-35,39-42,49-54,56,59-62,66-71,94H,15-21,23-25,28-33,36-38,43-48H2,1-14H3,(H,82,95)(H,83,96)(H,84,97)(H,85,91)(H,86,98)(H3,80,81,101)/t52-,53+,54-,59?,60-,61-,62+,66-,67-,68-,69-,70-,71+/m0/s1. The number of imide groups is 1. The van der Waals surface area contributed by atoms with Crippen LogP contribution in [0, 0.1) is 41.4 Å². The molecule has 0 bridgehead atoms. The lowest BCUT2D eigenvalue weighted by molar-refractivity contribution is -0.148. The van der Waals surface area contributed by atoms with Crippen LogP contribution in [0.25, 0.3) is 0 Å². The van der Waals surface area contributed by atoms with Gasteiger partial charge in [-0.15, -0.1) is 0 Å². The van der Waals surface area contributed by atoms with Gasteiger partial charge < -0.3 is 66.8 Å². The summed E-state index contributed by atoms with van der Waals surface area (Å²) in [6, 6.07) is 8.82. The van der Waals surface area contributed by atoms with E-state index < -0.39 is 114 Å². The highest BCUT2D eigenvalue weighted by Gasteiger charge is 2.45. The lowest BCUT2D eigenvalue weighted by Crippen LogP contribution is -2.60. The van der Waals surface area contributed by atoms with Crippen molar-refractivity contribution in [3.8, 4) is 0 Å². The fourth-order valence-electron chi connectivity index (χ4n) is 15.1. The summed E-state index contributed by atoms with van der Waals surface area (Å²) in [4.78, 5) is 157. The maximum atomic E-state index is 14.9. The molecule has 26 nitrogen and oxygen atoms in total. The number of carbonyl (C=O) groups excluding carboxylic acids is 11. The molecule has 12 amide bonds. The molecule has 105 heavy (non-hydrogen) atoms. The fourth-order valence-corrected chi connectivity index (χ4v) is 15.1. The van der Waals surface area contributed by atoms with E-state index in [9.17, 15) is 57.8 Å². The summed E-state index contributed by atoms with van der Waals surface area (Å²) in [6.07, 6.45) is 12.4. The first-order chi connectivity index (χ1) is 49.9. The van der Waals surface area contributed by atoms with Crippen molar-refractivity contribution >= 4 is 71.0 Å². The molecule has 1 unspecified atom stereocenters. The second-order valence-electron chi connectivity index (χ2n) is 30.5. The van der Waals surface area contributed by atoms with Crippen LogP contribution in [0.2, 0.25) is 0 Å². The molecule has 13 atom stereocenters. The Balaban J connectivity index is 1.14. The number of primary amides is 1. The van der Waals surface area contributed by atoms with E-state index in [0.717, 1.165) is 38.5 Å². The largest absolute Gasteiger partial charge is 0.445 e. The molecular weight excluding hydrogens is 1340 g/mol. The van der Waals surface area contributed by atoms with Crippen LogP contribution in [0.15, 0.2) is 54.6 Å².